The first kappa shape index (κ1) is 5.92. The second kappa shape index (κ2) is 2.09. The van der Waals surface area contributed by atoms with E-state index < -0.39 is 0 Å². The van der Waals surface area contributed by atoms with Gasteiger partial charge in [-0.3, -0.25) is 10.3 Å². The smallest absolute Gasteiger partial charge is 0.122 e. The lowest BCUT2D eigenvalue weighted by Crippen LogP contribution is -2.46. The van der Waals surface area contributed by atoms with Crippen LogP contribution in [0, 0.1) is 0 Å². The molecule has 1 saturated heterocycles. The van der Waals surface area contributed by atoms with Crippen molar-refractivity contribution in [2.24, 2.45) is 4.99 Å². The Morgan fingerprint density at radius 2 is 2.60 bits per heavy atom. The molecule has 2 aliphatic rings. The lowest BCUT2D eigenvalue weighted by molar-refractivity contribution is 0.412. The average Bonchev–Trinajstić information content (AvgIpc) is 2.33. The number of hydrogen-bond donors (Lipinski definition) is 2. The number of fused-ring (bicyclic) bond motifs is 1. The van der Waals surface area contributed by atoms with Crippen molar-refractivity contribution in [1.29, 1.82) is 0 Å². The fraction of sp³-hybridized carbons (Fsp3) is 0.571. The van der Waals surface area contributed by atoms with Crippen LogP contribution in [0.25, 0.3) is 0 Å². The summed E-state index contributed by atoms with van der Waals surface area (Å²) < 4.78 is 0. The largest absolute Gasteiger partial charge is 0.370 e. The van der Waals surface area contributed by atoms with Crippen molar-refractivity contribution in [3.63, 3.8) is 0 Å². The Labute approximate surface area is 60.2 Å². The Bertz CT molecular complexity index is 185. The summed E-state index contributed by atoms with van der Waals surface area (Å²) in [6.45, 7) is 4.83. The quantitative estimate of drug-likeness (QED) is 0.456. The number of nitrogens with one attached hydrogen (secondary N) is 2. The highest BCUT2D eigenvalue weighted by molar-refractivity contribution is 5.58. The minimum Gasteiger partial charge on any atom is -0.370 e. The van der Waals surface area contributed by atoms with Crippen LogP contribution in [0.4, 0.5) is 0 Å². The van der Waals surface area contributed by atoms with Gasteiger partial charge >= 0.3 is 0 Å². The molecule has 2 aliphatic heterocycles. The summed E-state index contributed by atoms with van der Waals surface area (Å²) in [7, 11) is 0. The van der Waals surface area contributed by atoms with Crippen molar-refractivity contribution >= 4 is 6.34 Å². The Morgan fingerprint density at radius 1 is 1.70 bits per heavy atom. The van der Waals surface area contributed by atoms with Gasteiger partial charge in [0, 0.05) is 6.54 Å². The summed E-state index contributed by atoms with van der Waals surface area (Å²) in [6.07, 6.45) is 3.13. The van der Waals surface area contributed by atoms with Crippen LogP contribution in [0.1, 0.15) is 6.42 Å². The van der Waals surface area contributed by atoms with E-state index >= 15 is 0 Å². The van der Waals surface area contributed by atoms with Gasteiger partial charge in [-0.2, -0.15) is 0 Å². The van der Waals surface area contributed by atoms with E-state index in [-0.39, 0.29) is 0 Å². The second-order valence-corrected chi connectivity index (χ2v) is 2.83. The molecule has 0 aliphatic carbocycles. The summed E-state index contributed by atoms with van der Waals surface area (Å²) >= 11 is 0. The van der Waals surface area contributed by atoms with Crippen molar-refractivity contribution in [1.82, 2.24) is 10.6 Å². The topological polar surface area (TPSA) is 36.4 Å². The predicted octanol–water partition coefficient (Wildman–Crippen LogP) is -0.138. The molecule has 3 heteroatoms. The number of rotatable bonds is 0. The van der Waals surface area contributed by atoms with Crippen LogP contribution >= 0.6 is 0 Å². The molecule has 0 aromatic rings. The molecule has 0 bridgehead atoms. The first-order valence-corrected chi connectivity index (χ1v) is 3.54. The molecule has 1 fully saturated rings. The summed E-state index contributed by atoms with van der Waals surface area (Å²) in [4.78, 5) is 4.20. The minimum absolute atomic E-state index is 0.297. The molecule has 2 atom stereocenters. The SMILES string of the molecule is C=C1CNC2N=CNC2C1. The molecule has 0 aromatic carbocycles. The molecule has 0 aromatic heterocycles. The maximum Gasteiger partial charge on any atom is 0.122 e. The molecular weight excluding hydrogens is 126 g/mol. The zero-order chi connectivity index (χ0) is 6.97. The molecule has 10 heavy (non-hydrogen) atoms. The van der Waals surface area contributed by atoms with E-state index in [2.05, 4.69) is 22.2 Å². The van der Waals surface area contributed by atoms with E-state index in [9.17, 15) is 0 Å². The third-order valence-corrected chi connectivity index (χ3v) is 1.97. The van der Waals surface area contributed by atoms with Crippen molar-refractivity contribution in [2.45, 2.75) is 18.6 Å². The molecule has 54 valence electrons. The standard InChI is InChI=1S/C7H11N3/c1-5-2-6-7(8-3-5)10-4-9-6/h4,6-8H,1-3H2,(H,9,10). The number of hydrogen-bond acceptors (Lipinski definition) is 3. The van der Waals surface area contributed by atoms with Crippen molar-refractivity contribution in [3.05, 3.63) is 12.2 Å². The maximum absolute atomic E-state index is 4.20. The minimum atomic E-state index is 0.297. The Kier molecular flexibility index (Phi) is 1.24. The van der Waals surface area contributed by atoms with Gasteiger partial charge in [0.25, 0.3) is 0 Å². The highest BCUT2D eigenvalue weighted by Crippen LogP contribution is 2.15. The van der Waals surface area contributed by atoms with Gasteiger partial charge in [0.05, 0.1) is 12.4 Å². The lowest BCUT2D eigenvalue weighted by atomic mass is 10.0. The summed E-state index contributed by atoms with van der Waals surface area (Å²) in [5, 5.41) is 6.44. The van der Waals surface area contributed by atoms with Gasteiger partial charge in [0.15, 0.2) is 0 Å². The van der Waals surface area contributed by atoms with Crippen LogP contribution in [0.15, 0.2) is 17.1 Å². The summed E-state index contributed by atoms with van der Waals surface area (Å²) in [6, 6.07) is 0.459. The van der Waals surface area contributed by atoms with Gasteiger partial charge in [-0.1, -0.05) is 12.2 Å². The predicted molar refractivity (Wildman–Crippen MR) is 41.0 cm³/mol. The number of aliphatic imine (C=N–C) groups is 1. The van der Waals surface area contributed by atoms with Crippen molar-refractivity contribution in [2.75, 3.05) is 6.54 Å². The van der Waals surface area contributed by atoms with Gasteiger partial charge in [-0.05, 0) is 6.42 Å². The second-order valence-electron chi connectivity index (χ2n) is 2.83. The van der Waals surface area contributed by atoms with Gasteiger partial charge in [0.2, 0.25) is 0 Å². The molecule has 0 saturated carbocycles. The third kappa shape index (κ3) is 0.827. The van der Waals surface area contributed by atoms with Crippen molar-refractivity contribution in [3.8, 4) is 0 Å². The van der Waals surface area contributed by atoms with Crippen LogP contribution in [-0.2, 0) is 0 Å². The highest BCUT2D eigenvalue weighted by Gasteiger charge is 2.27. The zero-order valence-electron chi connectivity index (χ0n) is 5.80. The fourth-order valence-corrected chi connectivity index (χ4v) is 1.41. The van der Waals surface area contributed by atoms with Gasteiger partial charge in [0.1, 0.15) is 6.17 Å². The van der Waals surface area contributed by atoms with E-state index in [1.165, 1.54) is 5.57 Å². The van der Waals surface area contributed by atoms with E-state index in [1.807, 2.05) is 0 Å². The van der Waals surface area contributed by atoms with Crippen LogP contribution < -0.4 is 10.6 Å². The van der Waals surface area contributed by atoms with E-state index in [4.69, 9.17) is 0 Å². The Balaban J connectivity index is 2.07. The number of piperidine rings is 1. The van der Waals surface area contributed by atoms with E-state index in [1.54, 1.807) is 6.34 Å². The molecular formula is C7H11N3. The zero-order valence-corrected chi connectivity index (χ0v) is 5.80. The maximum atomic E-state index is 4.20. The molecule has 0 spiro atoms. The molecule has 2 rings (SSSR count). The van der Waals surface area contributed by atoms with Crippen LogP contribution in [0.3, 0.4) is 0 Å². The molecule has 3 nitrogen and oxygen atoms in total. The molecule has 0 radical (unpaired) electrons. The average molecular weight is 137 g/mol. The Hall–Kier alpha value is -0.830. The van der Waals surface area contributed by atoms with E-state index in [0.717, 1.165) is 13.0 Å². The van der Waals surface area contributed by atoms with Gasteiger partial charge in [-0.15, -0.1) is 0 Å². The normalized spacial score (nSPS) is 37.4. The van der Waals surface area contributed by atoms with Gasteiger partial charge in [-0.25, -0.2) is 0 Å². The fourth-order valence-electron chi connectivity index (χ4n) is 1.41. The van der Waals surface area contributed by atoms with Gasteiger partial charge < -0.3 is 5.32 Å². The van der Waals surface area contributed by atoms with E-state index in [0.29, 0.717) is 12.2 Å². The highest BCUT2D eigenvalue weighted by atomic mass is 15.2. The lowest BCUT2D eigenvalue weighted by Gasteiger charge is -2.26. The third-order valence-electron chi connectivity index (χ3n) is 1.97. The first-order chi connectivity index (χ1) is 4.86. The monoisotopic (exact) mass is 137 g/mol. The summed E-state index contributed by atoms with van der Waals surface area (Å²) in [5.74, 6) is 0. The first-order valence-electron chi connectivity index (χ1n) is 3.54. The molecule has 0 amide bonds. The Morgan fingerprint density at radius 3 is 3.50 bits per heavy atom. The molecule has 2 heterocycles. The van der Waals surface area contributed by atoms with Crippen LogP contribution in [-0.4, -0.2) is 25.1 Å². The van der Waals surface area contributed by atoms with Crippen LogP contribution in [0.2, 0.25) is 0 Å². The molecule has 2 N–H and O–H groups in total. The number of nitrogens with zero attached hydrogens (tertiary/aromatic N) is 1. The molecule has 2 unspecified atom stereocenters. The summed E-state index contributed by atoms with van der Waals surface area (Å²) in [5.41, 5.74) is 1.26. The van der Waals surface area contributed by atoms with Crippen molar-refractivity contribution < 1.29 is 0 Å². The van der Waals surface area contributed by atoms with Crippen LogP contribution in [0.5, 0.6) is 0 Å².